The van der Waals surface area contributed by atoms with Crippen molar-refractivity contribution in [1.29, 1.82) is 0 Å². The summed E-state index contributed by atoms with van der Waals surface area (Å²) >= 11 is 0. The van der Waals surface area contributed by atoms with Crippen LogP contribution in [-0.4, -0.2) is 106 Å². The Balaban J connectivity index is 1.21. The van der Waals surface area contributed by atoms with Gasteiger partial charge in [-0.3, -0.25) is 5.10 Å². The molecule has 5 rings (SSSR count). The highest BCUT2D eigenvalue weighted by Crippen LogP contribution is 2.38. The first kappa shape index (κ1) is 31.1. The highest BCUT2D eigenvalue weighted by molar-refractivity contribution is 5.52. The maximum absolute atomic E-state index is 10.5. The molecule has 1 spiro atoms. The Bertz CT molecular complexity index is 1210. The lowest BCUT2D eigenvalue weighted by atomic mass is 9.78. The topological polar surface area (TPSA) is 143 Å². The molecule has 3 aliphatic heterocycles. The van der Waals surface area contributed by atoms with Crippen molar-refractivity contribution in [3.05, 3.63) is 52.2 Å². The quantitative estimate of drug-likeness (QED) is 0.247. The third-order valence-corrected chi connectivity index (χ3v) is 9.35. The van der Waals surface area contributed by atoms with E-state index in [2.05, 4.69) is 71.5 Å². The van der Waals surface area contributed by atoms with Crippen molar-refractivity contribution >= 4 is 6.08 Å². The first-order chi connectivity index (χ1) is 20.2. The predicted octanol–water partition coefficient (Wildman–Crippen LogP) is 2.09. The number of aliphatic hydroxyl groups excluding tert-OH is 4. The highest BCUT2D eigenvalue weighted by Gasteiger charge is 2.45. The number of aliphatic hydroxyl groups is 4. The van der Waals surface area contributed by atoms with E-state index in [1.807, 2.05) is 0 Å². The number of rotatable bonds is 10. The minimum Gasteiger partial charge on any atom is -0.443 e. The Kier molecular flexibility index (Phi) is 10.0. The van der Waals surface area contributed by atoms with Gasteiger partial charge in [-0.2, -0.15) is 0 Å². The molecule has 232 valence electrons. The second-order valence-electron chi connectivity index (χ2n) is 12.7. The van der Waals surface area contributed by atoms with Crippen LogP contribution in [0.4, 0.5) is 0 Å². The number of H-pyrrole nitrogens is 1. The summed E-state index contributed by atoms with van der Waals surface area (Å²) in [5, 5.41) is 51.2. The van der Waals surface area contributed by atoms with Crippen LogP contribution in [0.15, 0.2) is 24.3 Å². The molecule has 1 aromatic carbocycles. The van der Waals surface area contributed by atoms with Crippen LogP contribution in [0, 0.1) is 12.3 Å². The van der Waals surface area contributed by atoms with Gasteiger partial charge in [-0.05, 0) is 80.3 Å². The molecule has 1 aromatic heterocycles. The van der Waals surface area contributed by atoms with Crippen LogP contribution in [0.5, 0.6) is 5.88 Å². The van der Waals surface area contributed by atoms with Crippen molar-refractivity contribution in [2.45, 2.75) is 89.5 Å². The fourth-order valence-electron chi connectivity index (χ4n) is 6.65. The highest BCUT2D eigenvalue weighted by atomic mass is 16.7. The standard InChI is InChI=1S/C32H48N4O6/c1-20(2)26-24(30(35-34-26)42-31-29(40)28(39)27(38)25(18-37)41-31)17-23-8-7-22(16-21(23)3)6-4-5-14-36-15-11-32(19-36)9-12-33-13-10-32/h4,6-8,16,20,25,27-29,31,33,37-40H,5,9-15,17-19H2,1-3H3,(H,34,35)/b6-4+/t25-,27-,28+,29-,31+/m1/s1. The van der Waals surface area contributed by atoms with E-state index < -0.39 is 37.3 Å². The number of ether oxygens (including phenoxy) is 2. The number of aromatic nitrogens is 2. The number of piperidine rings is 1. The zero-order valence-corrected chi connectivity index (χ0v) is 25.1. The minimum absolute atomic E-state index is 0.141. The molecule has 3 saturated heterocycles. The Morgan fingerprint density at radius 1 is 1.14 bits per heavy atom. The molecule has 4 heterocycles. The third-order valence-electron chi connectivity index (χ3n) is 9.35. The first-order valence-corrected chi connectivity index (χ1v) is 15.4. The number of hydrogen-bond donors (Lipinski definition) is 6. The van der Waals surface area contributed by atoms with Crippen LogP contribution in [0.2, 0.25) is 0 Å². The molecule has 10 nitrogen and oxygen atoms in total. The second-order valence-corrected chi connectivity index (χ2v) is 12.7. The summed E-state index contributed by atoms with van der Waals surface area (Å²) in [6.45, 7) is 11.6. The molecular formula is C32H48N4O6. The van der Waals surface area contributed by atoms with Crippen molar-refractivity contribution < 1.29 is 29.9 Å². The lowest BCUT2D eigenvalue weighted by Crippen LogP contribution is -2.60. The van der Waals surface area contributed by atoms with Gasteiger partial charge in [-0.25, -0.2) is 0 Å². The maximum atomic E-state index is 10.5. The number of aromatic amines is 1. The normalized spacial score (nSPS) is 28.3. The zero-order valence-electron chi connectivity index (χ0n) is 25.1. The van der Waals surface area contributed by atoms with E-state index in [0.29, 0.717) is 11.8 Å². The van der Waals surface area contributed by atoms with E-state index in [1.165, 1.54) is 37.9 Å². The van der Waals surface area contributed by atoms with Gasteiger partial charge in [0.15, 0.2) is 0 Å². The summed E-state index contributed by atoms with van der Waals surface area (Å²) in [5.74, 6) is 0.405. The molecule has 3 fully saturated rings. The van der Waals surface area contributed by atoms with Crippen LogP contribution in [0.1, 0.15) is 73.4 Å². The lowest BCUT2D eigenvalue weighted by molar-refractivity contribution is -0.278. The monoisotopic (exact) mass is 584 g/mol. The van der Waals surface area contributed by atoms with Gasteiger partial charge in [0, 0.05) is 30.8 Å². The van der Waals surface area contributed by atoms with E-state index in [1.54, 1.807) is 0 Å². The van der Waals surface area contributed by atoms with Crippen LogP contribution in [0.3, 0.4) is 0 Å². The average Bonchev–Trinajstić information content (AvgIpc) is 3.56. The summed E-state index contributed by atoms with van der Waals surface area (Å²) in [6.07, 6.45) is 3.23. The van der Waals surface area contributed by atoms with E-state index in [4.69, 9.17) is 9.47 Å². The van der Waals surface area contributed by atoms with Gasteiger partial charge < -0.3 is 40.1 Å². The Morgan fingerprint density at radius 3 is 2.64 bits per heavy atom. The minimum atomic E-state index is -1.52. The van der Waals surface area contributed by atoms with Crippen LogP contribution >= 0.6 is 0 Å². The first-order valence-electron chi connectivity index (χ1n) is 15.4. The van der Waals surface area contributed by atoms with Gasteiger partial charge in [0.1, 0.15) is 24.4 Å². The van der Waals surface area contributed by atoms with Gasteiger partial charge >= 0.3 is 0 Å². The fraction of sp³-hybridized carbons (Fsp3) is 0.656. The average molecular weight is 585 g/mol. The van der Waals surface area contributed by atoms with Crippen LogP contribution in [-0.2, 0) is 11.2 Å². The molecule has 0 aliphatic carbocycles. The van der Waals surface area contributed by atoms with Gasteiger partial charge in [0.05, 0.1) is 6.61 Å². The fourth-order valence-corrected chi connectivity index (χ4v) is 6.65. The van der Waals surface area contributed by atoms with Gasteiger partial charge in [0.25, 0.3) is 0 Å². The van der Waals surface area contributed by atoms with E-state index in [-0.39, 0.29) is 11.8 Å². The predicted molar refractivity (Wildman–Crippen MR) is 160 cm³/mol. The number of benzene rings is 1. The number of nitrogens with one attached hydrogen (secondary N) is 2. The van der Waals surface area contributed by atoms with Crippen molar-refractivity contribution in [3.8, 4) is 5.88 Å². The molecule has 5 atom stereocenters. The molecule has 0 bridgehead atoms. The number of nitrogens with zero attached hydrogens (tertiary/aromatic N) is 2. The summed E-state index contributed by atoms with van der Waals surface area (Å²) in [5.41, 5.74) is 5.74. The molecule has 3 aliphatic rings. The summed E-state index contributed by atoms with van der Waals surface area (Å²) in [4.78, 5) is 2.63. The second kappa shape index (κ2) is 13.5. The van der Waals surface area contributed by atoms with Gasteiger partial charge in [0.2, 0.25) is 12.2 Å². The number of hydrogen-bond acceptors (Lipinski definition) is 9. The smallest absolute Gasteiger partial charge is 0.238 e. The summed E-state index contributed by atoms with van der Waals surface area (Å²) < 4.78 is 11.5. The maximum Gasteiger partial charge on any atom is 0.238 e. The third kappa shape index (κ3) is 6.91. The summed E-state index contributed by atoms with van der Waals surface area (Å²) in [7, 11) is 0. The zero-order chi connectivity index (χ0) is 29.9. The Hall–Kier alpha value is -2.31. The molecule has 0 radical (unpaired) electrons. The van der Waals surface area contributed by atoms with Crippen molar-refractivity contribution in [3.63, 3.8) is 0 Å². The Morgan fingerprint density at radius 2 is 1.93 bits per heavy atom. The van der Waals surface area contributed by atoms with Crippen molar-refractivity contribution in [2.75, 3.05) is 39.3 Å². The molecule has 0 unspecified atom stereocenters. The SMILES string of the molecule is Cc1cc(/C=C/CCN2CCC3(CCNCC3)C2)ccc1Cc1c(O[C@@H]2O[C@H](CO)[C@@H](O)[C@H](O)[C@H]2O)n[nH]c1C(C)C. The summed E-state index contributed by atoms with van der Waals surface area (Å²) in [6, 6.07) is 6.45. The lowest BCUT2D eigenvalue weighted by Gasteiger charge is -2.39. The molecule has 0 amide bonds. The van der Waals surface area contributed by atoms with E-state index in [0.717, 1.165) is 48.4 Å². The largest absolute Gasteiger partial charge is 0.443 e. The van der Waals surface area contributed by atoms with Gasteiger partial charge in [-0.1, -0.05) is 44.2 Å². The van der Waals surface area contributed by atoms with Crippen LogP contribution in [0.25, 0.3) is 6.08 Å². The van der Waals surface area contributed by atoms with E-state index >= 15 is 0 Å². The number of aryl methyl sites for hydroxylation is 1. The molecule has 42 heavy (non-hydrogen) atoms. The van der Waals surface area contributed by atoms with Crippen molar-refractivity contribution in [1.82, 2.24) is 20.4 Å². The van der Waals surface area contributed by atoms with Crippen LogP contribution < -0.4 is 10.1 Å². The molecule has 10 heteroatoms. The molecule has 2 aromatic rings. The molecular weight excluding hydrogens is 536 g/mol. The molecule has 6 N–H and O–H groups in total. The van der Waals surface area contributed by atoms with E-state index in [9.17, 15) is 20.4 Å². The molecule has 0 saturated carbocycles. The number of likely N-dealkylation sites (tertiary alicyclic amines) is 1. The Labute approximate surface area is 248 Å². The van der Waals surface area contributed by atoms with Crippen molar-refractivity contribution in [2.24, 2.45) is 5.41 Å². The van der Waals surface area contributed by atoms with Gasteiger partial charge in [-0.15, -0.1) is 5.10 Å².